The number of para-hydroxylation sites is 1. The number of hydrogen-bond acceptors (Lipinski definition) is 5. The molecule has 0 saturated carbocycles. The van der Waals surface area contributed by atoms with E-state index in [1.807, 2.05) is 22.7 Å². The lowest BCUT2D eigenvalue weighted by Gasteiger charge is -2.42. The summed E-state index contributed by atoms with van der Waals surface area (Å²) in [6.45, 7) is 11.8. The number of hydrogen-bond donors (Lipinski definition) is 0. The molecule has 0 fully saturated rings. The fourth-order valence-electron chi connectivity index (χ4n) is 9.95. The molecular formula is C46H38BN3S2. The predicted octanol–water partition coefficient (Wildman–Crippen LogP) is 10.6. The van der Waals surface area contributed by atoms with Crippen molar-refractivity contribution in [3.8, 4) is 6.07 Å². The minimum absolute atomic E-state index is 0.0665. The maximum Gasteiger partial charge on any atom is 0.277 e. The van der Waals surface area contributed by atoms with Crippen molar-refractivity contribution >= 4 is 98.7 Å². The lowest BCUT2D eigenvalue weighted by atomic mass is 9.39. The zero-order valence-electron chi connectivity index (χ0n) is 30.2. The first kappa shape index (κ1) is 30.8. The molecule has 0 radical (unpaired) electrons. The molecule has 11 rings (SSSR count). The monoisotopic (exact) mass is 707 g/mol. The fourth-order valence-corrected chi connectivity index (χ4v) is 12.7. The molecule has 4 aliphatic rings. The SMILES string of the molecule is Cc1ccc(N2c3cc(C#N)cc4c3B(c3sc5cc6c(cc5c3N4c3ccccc3)CC(C)(C)C6)c3sc4cc5c(cc4c32)CC(C)(C)C5)cc1. The first-order valence-corrected chi connectivity index (χ1v) is 20.2. The van der Waals surface area contributed by atoms with E-state index < -0.39 is 0 Å². The van der Waals surface area contributed by atoms with Crippen LogP contribution in [-0.4, -0.2) is 6.71 Å². The number of aryl methyl sites for hydroxylation is 1. The quantitative estimate of drug-likeness (QED) is 0.168. The maximum absolute atomic E-state index is 10.7. The number of anilines is 6. The van der Waals surface area contributed by atoms with Crippen molar-refractivity contribution in [3.05, 3.63) is 124 Å². The third-order valence-electron chi connectivity index (χ3n) is 12.0. The van der Waals surface area contributed by atoms with Gasteiger partial charge in [-0.3, -0.25) is 0 Å². The molecule has 3 nitrogen and oxygen atoms in total. The highest BCUT2D eigenvalue weighted by atomic mass is 32.1. The van der Waals surface area contributed by atoms with Gasteiger partial charge in [0.05, 0.1) is 23.0 Å². The van der Waals surface area contributed by atoms with Crippen molar-refractivity contribution in [2.24, 2.45) is 10.8 Å². The van der Waals surface area contributed by atoms with Gasteiger partial charge in [0, 0.05) is 52.5 Å². The van der Waals surface area contributed by atoms with Gasteiger partial charge in [0.2, 0.25) is 0 Å². The normalized spacial score (nSPS) is 17.2. The van der Waals surface area contributed by atoms with Crippen molar-refractivity contribution in [3.63, 3.8) is 0 Å². The average molecular weight is 708 g/mol. The molecule has 6 heteroatoms. The summed E-state index contributed by atoms with van der Waals surface area (Å²) in [5, 5.41) is 13.3. The molecule has 2 aromatic heterocycles. The molecule has 0 saturated heterocycles. The average Bonchev–Trinajstić information content (AvgIpc) is 3.83. The summed E-state index contributed by atoms with van der Waals surface area (Å²) in [5.74, 6) is 0. The van der Waals surface area contributed by atoms with Gasteiger partial charge in [-0.25, -0.2) is 0 Å². The van der Waals surface area contributed by atoms with Crippen LogP contribution >= 0.6 is 22.7 Å². The zero-order valence-corrected chi connectivity index (χ0v) is 31.9. The van der Waals surface area contributed by atoms with Gasteiger partial charge in [-0.1, -0.05) is 63.6 Å². The van der Waals surface area contributed by atoms with E-state index in [-0.39, 0.29) is 17.5 Å². The summed E-state index contributed by atoms with van der Waals surface area (Å²) < 4.78 is 5.54. The number of rotatable bonds is 2. The summed E-state index contributed by atoms with van der Waals surface area (Å²) in [6.07, 6.45) is 4.44. The number of benzene rings is 5. The Bertz CT molecular complexity index is 2730. The van der Waals surface area contributed by atoms with Crippen LogP contribution in [-0.2, 0) is 25.7 Å². The Kier molecular flexibility index (Phi) is 6.16. The summed E-state index contributed by atoms with van der Waals surface area (Å²) in [6, 6.07) is 36.8. The van der Waals surface area contributed by atoms with Crippen molar-refractivity contribution in [2.45, 2.75) is 60.3 Å². The van der Waals surface area contributed by atoms with Gasteiger partial charge in [0.15, 0.2) is 0 Å². The van der Waals surface area contributed by atoms with Crippen LogP contribution in [0.5, 0.6) is 0 Å². The number of nitriles is 1. The summed E-state index contributed by atoms with van der Waals surface area (Å²) >= 11 is 3.98. The van der Waals surface area contributed by atoms with Crippen molar-refractivity contribution in [1.82, 2.24) is 0 Å². The highest BCUT2D eigenvalue weighted by molar-refractivity contribution is 7.40. The van der Waals surface area contributed by atoms with Crippen LogP contribution in [0, 0.1) is 29.1 Å². The molecule has 2 aliphatic carbocycles. The standard InChI is InChI=1S/C46H38BN3S2/c1-26-11-13-33(14-12-26)50-37-16-27(25-48)15-36-40(37)47(44-42(50)35-18-29-22-46(4,5)24-31(29)20-39(35)52-44)43-41(49(36)32-9-7-6-8-10-32)34-17-28-21-45(2,3)23-30(28)19-38(34)51-43/h6-20H,21-24H2,1-5H3. The van der Waals surface area contributed by atoms with Crippen LogP contribution in [0.25, 0.3) is 20.2 Å². The largest absolute Gasteiger partial charge is 0.310 e. The van der Waals surface area contributed by atoms with Gasteiger partial charge in [0.1, 0.15) is 0 Å². The van der Waals surface area contributed by atoms with E-state index >= 15 is 0 Å². The zero-order chi connectivity index (χ0) is 35.3. The Morgan fingerprint density at radius 3 is 1.56 bits per heavy atom. The maximum atomic E-state index is 10.7. The Morgan fingerprint density at radius 1 is 0.615 bits per heavy atom. The van der Waals surface area contributed by atoms with Crippen LogP contribution < -0.4 is 24.8 Å². The van der Waals surface area contributed by atoms with Gasteiger partial charge < -0.3 is 9.80 Å². The molecular weight excluding hydrogens is 669 g/mol. The smallest absolute Gasteiger partial charge is 0.277 e. The summed E-state index contributed by atoms with van der Waals surface area (Å²) in [7, 11) is 0. The van der Waals surface area contributed by atoms with E-state index in [1.165, 1.54) is 74.4 Å². The second-order valence-corrected chi connectivity index (χ2v) is 19.4. The first-order valence-electron chi connectivity index (χ1n) is 18.5. The highest BCUT2D eigenvalue weighted by Gasteiger charge is 2.48. The van der Waals surface area contributed by atoms with Gasteiger partial charge in [0.25, 0.3) is 6.71 Å². The second-order valence-electron chi connectivity index (χ2n) is 17.2. The lowest BCUT2D eigenvalue weighted by molar-refractivity contribution is 0.392. The predicted molar refractivity (Wildman–Crippen MR) is 223 cm³/mol. The van der Waals surface area contributed by atoms with Gasteiger partial charge >= 0.3 is 0 Å². The number of thiophene rings is 2. The minimum Gasteiger partial charge on any atom is -0.310 e. The van der Waals surface area contributed by atoms with Crippen LogP contribution in [0.1, 0.15) is 61.1 Å². The fraction of sp³-hybridized carbons (Fsp3) is 0.239. The van der Waals surface area contributed by atoms with Crippen LogP contribution in [0.4, 0.5) is 34.1 Å². The van der Waals surface area contributed by atoms with Crippen molar-refractivity contribution < 1.29 is 0 Å². The Hall–Kier alpha value is -4.83. The third-order valence-corrected chi connectivity index (χ3v) is 14.4. The van der Waals surface area contributed by atoms with Gasteiger partial charge in [-0.15, -0.1) is 22.7 Å². The molecule has 0 amide bonds. The molecule has 0 unspecified atom stereocenters. The van der Waals surface area contributed by atoms with Crippen molar-refractivity contribution in [1.29, 1.82) is 5.26 Å². The van der Waals surface area contributed by atoms with E-state index in [2.05, 4.69) is 141 Å². The first-order chi connectivity index (χ1) is 25.1. The van der Waals surface area contributed by atoms with Crippen molar-refractivity contribution in [2.75, 3.05) is 9.80 Å². The Labute approximate surface area is 313 Å². The van der Waals surface area contributed by atoms with E-state index in [0.717, 1.165) is 48.4 Å². The summed E-state index contributed by atoms with van der Waals surface area (Å²) in [4.78, 5) is 4.98. The molecule has 2 aliphatic heterocycles. The lowest BCUT2D eigenvalue weighted by Crippen LogP contribution is -2.59. The number of fused-ring (bicyclic) bond motifs is 10. The molecule has 0 bridgehead atoms. The number of nitrogens with zero attached hydrogens (tertiary/aromatic N) is 3. The third kappa shape index (κ3) is 4.30. The molecule has 52 heavy (non-hydrogen) atoms. The van der Waals surface area contributed by atoms with Crippen LogP contribution in [0.3, 0.4) is 0 Å². The molecule has 5 aromatic carbocycles. The van der Waals surface area contributed by atoms with Gasteiger partial charge in [-0.2, -0.15) is 5.26 Å². The van der Waals surface area contributed by atoms with E-state index in [9.17, 15) is 5.26 Å². The molecule has 4 heterocycles. The molecule has 0 spiro atoms. The molecule has 0 N–H and O–H groups in total. The van der Waals surface area contributed by atoms with Crippen LogP contribution in [0.15, 0.2) is 91.0 Å². The van der Waals surface area contributed by atoms with E-state index in [0.29, 0.717) is 5.56 Å². The van der Waals surface area contributed by atoms with Gasteiger partial charge in [-0.05, 0) is 132 Å². The molecule has 7 aromatic rings. The topological polar surface area (TPSA) is 30.3 Å². The summed E-state index contributed by atoms with van der Waals surface area (Å²) in [5.41, 5.74) is 16.8. The Morgan fingerprint density at radius 2 is 1.08 bits per heavy atom. The molecule has 0 atom stereocenters. The van der Waals surface area contributed by atoms with E-state index in [1.54, 1.807) is 0 Å². The van der Waals surface area contributed by atoms with E-state index in [4.69, 9.17) is 0 Å². The highest BCUT2D eigenvalue weighted by Crippen LogP contribution is 2.52. The minimum atomic E-state index is 0.0665. The Balaban J connectivity index is 1.27. The van der Waals surface area contributed by atoms with Crippen LogP contribution in [0.2, 0.25) is 0 Å². The molecule has 252 valence electrons. The second kappa shape index (κ2) is 10.4.